The van der Waals surface area contributed by atoms with E-state index in [1.54, 1.807) is 24.3 Å². The number of benzene rings is 2. The lowest BCUT2D eigenvalue weighted by atomic mass is 10.1. The Morgan fingerprint density at radius 1 is 1.04 bits per heavy atom. The van der Waals surface area contributed by atoms with Gasteiger partial charge in [0.25, 0.3) is 11.8 Å². The van der Waals surface area contributed by atoms with Crippen molar-refractivity contribution < 1.29 is 19.1 Å². The van der Waals surface area contributed by atoms with E-state index in [0.29, 0.717) is 17.1 Å². The van der Waals surface area contributed by atoms with Gasteiger partial charge in [-0.05, 0) is 49.2 Å². The number of carbonyl (C=O) groups is 2. The minimum Gasteiger partial charge on any atom is -0.497 e. The smallest absolute Gasteiger partial charge is 0.276 e. The van der Waals surface area contributed by atoms with Gasteiger partial charge in [0.2, 0.25) is 0 Å². The summed E-state index contributed by atoms with van der Waals surface area (Å²) in [6.07, 6.45) is 0. The lowest BCUT2D eigenvalue weighted by Gasteiger charge is -2.11. The van der Waals surface area contributed by atoms with Crippen LogP contribution in [0.2, 0.25) is 0 Å². The fourth-order valence-electron chi connectivity index (χ4n) is 2.01. The molecule has 0 aliphatic carbocycles. The fraction of sp³-hybridized carbons (Fsp3) is 0.222. The average Bonchev–Trinajstić information content (AvgIpc) is 2.60. The van der Waals surface area contributed by atoms with Gasteiger partial charge in [0.15, 0.2) is 6.61 Å². The van der Waals surface area contributed by atoms with Crippen LogP contribution >= 0.6 is 0 Å². The number of carbonyl (C=O) groups excluding carboxylic acids is 2. The van der Waals surface area contributed by atoms with Gasteiger partial charge in [-0.3, -0.25) is 20.4 Å². The third-order valence-electron chi connectivity index (χ3n) is 3.35. The Balaban J connectivity index is 1.84. The number of hydrazine groups is 1. The number of hydrogen-bond donors (Lipinski definition) is 2. The highest BCUT2D eigenvalue weighted by Crippen LogP contribution is 2.18. The van der Waals surface area contributed by atoms with Crippen molar-refractivity contribution in [3.63, 3.8) is 0 Å². The van der Waals surface area contributed by atoms with E-state index in [9.17, 15) is 9.59 Å². The van der Waals surface area contributed by atoms with Crippen molar-refractivity contribution in [1.82, 2.24) is 10.9 Å². The monoisotopic (exact) mass is 328 g/mol. The molecule has 0 atom stereocenters. The van der Waals surface area contributed by atoms with Crippen LogP contribution in [0.4, 0.5) is 0 Å². The predicted molar refractivity (Wildman–Crippen MR) is 90.0 cm³/mol. The van der Waals surface area contributed by atoms with E-state index in [1.165, 1.54) is 7.11 Å². The first kappa shape index (κ1) is 17.3. The first-order valence-electron chi connectivity index (χ1n) is 7.43. The second kappa shape index (κ2) is 8.01. The summed E-state index contributed by atoms with van der Waals surface area (Å²) in [5.74, 6) is 0.317. The zero-order valence-electron chi connectivity index (χ0n) is 13.9. The second-order valence-electron chi connectivity index (χ2n) is 5.29. The number of rotatable bonds is 5. The molecule has 2 rings (SSSR count). The summed E-state index contributed by atoms with van der Waals surface area (Å²) >= 11 is 0. The molecule has 126 valence electrons. The molecule has 0 aliphatic rings. The summed E-state index contributed by atoms with van der Waals surface area (Å²) in [7, 11) is 1.52. The molecule has 0 bridgehead atoms. The molecule has 2 amide bonds. The van der Waals surface area contributed by atoms with Gasteiger partial charge in [-0.15, -0.1) is 0 Å². The molecule has 2 aromatic rings. The van der Waals surface area contributed by atoms with E-state index >= 15 is 0 Å². The molecular formula is C18H20N2O4. The van der Waals surface area contributed by atoms with Crippen LogP contribution in [0.15, 0.2) is 42.5 Å². The second-order valence-corrected chi connectivity index (χ2v) is 5.29. The molecule has 0 saturated heterocycles. The number of aryl methyl sites for hydroxylation is 2. The Kier molecular flexibility index (Phi) is 5.78. The van der Waals surface area contributed by atoms with Crippen LogP contribution in [-0.2, 0) is 4.79 Å². The lowest BCUT2D eigenvalue weighted by Crippen LogP contribution is -2.43. The maximum absolute atomic E-state index is 12.0. The maximum Gasteiger partial charge on any atom is 0.276 e. The molecule has 0 spiro atoms. The number of amides is 2. The van der Waals surface area contributed by atoms with E-state index in [4.69, 9.17) is 9.47 Å². The van der Waals surface area contributed by atoms with Crippen molar-refractivity contribution in [3.05, 3.63) is 59.2 Å². The molecule has 0 aromatic heterocycles. The Hall–Kier alpha value is -3.02. The molecule has 2 N–H and O–H groups in total. The molecule has 0 unspecified atom stereocenters. The molecule has 0 heterocycles. The maximum atomic E-state index is 12.0. The number of hydrogen-bond acceptors (Lipinski definition) is 4. The third kappa shape index (κ3) is 4.74. The lowest BCUT2D eigenvalue weighted by molar-refractivity contribution is -0.123. The standard InChI is InChI=1S/C18H20N2O4/c1-12-7-8-13(2)16(9-12)24-11-17(21)19-20-18(22)14-5-4-6-15(10-14)23-3/h4-10H,11H2,1-3H3,(H,19,21)(H,20,22). The SMILES string of the molecule is COc1cccc(C(=O)NNC(=O)COc2cc(C)ccc2C)c1. The van der Waals surface area contributed by atoms with E-state index in [0.717, 1.165) is 11.1 Å². The number of nitrogens with one attached hydrogen (secondary N) is 2. The van der Waals surface area contributed by atoms with Gasteiger partial charge >= 0.3 is 0 Å². The van der Waals surface area contributed by atoms with Crippen LogP contribution in [0.3, 0.4) is 0 Å². The van der Waals surface area contributed by atoms with Crippen molar-refractivity contribution in [1.29, 1.82) is 0 Å². The molecule has 0 fully saturated rings. The molecule has 6 nitrogen and oxygen atoms in total. The third-order valence-corrected chi connectivity index (χ3v) is 3.35. The summed E-state index contributed by atoms with van der Waals surface area (Å²) in [4.78, 5) is 23.8. The van der Waals surface area contributed by atoms with Gasteiger partial charge < -0.3 is 9.47 Å². The van der Waals surface area contributed by atoms with E-state index in [-0.39, 0.29) is 6.61 Å². The van der Waals surface area contributed by atoms with Crippen LogP contribution in [0, 0.1) is 13.8 Å². The summed E-state index contributed by atoms with van der Waals surface area (Å²) in [5, 5.41) is 0. The number of ether oxygens (including phenoxy) is 2. The highest BCUT2D eigenvalue weighted by Gasteiger charge is 2.09. The van der Waals surface area contributed by atoms with Crippen molar-refractivity contribution in [2.24, 2.45) is 0 Å². The normalized spacial score (nSPS) is 9.96. The molecule has 6 heteroatoms. The van der Waals surface area contributed by atoms with Crippen LogP contribution in [0.25, 0.3) is 0 Å². The van der Waals surface area contributed by atoms with Gasteiger partial charge in [-0.1, -0.05) is 18.2 Å². The Morgan fingerprint density at radius 3 is 2.58 bits per heavy atom. The number of methoxy groups -OCH3 is 1. The van der Waals surface area contributed by atoms with Crippen molar-refractivity contribution in [2.45, 2.75) is 13.8 Å². The predicted octanol–water partition coefficient (Wildman–Crippen LogP) is 2.15. The minimum absolute atomic E-state index is 0.192. The minimum atomic E-state index is -0.452. The zero-order chi connectivity index (χ0) is 17.5. The largest absolute Gasteiger partial charge is 0.497 e. The van der Waals surface area contributed by atoms with E-state index in [2.05, 4.69) is 10.9 Å². The molecule has 2 aromatic carbocycles. The molecule has 0 radical (unpaired) electrons. The summed E-state index contributed by atoms with van der Waals surface area (Å²) in [5.41, 5.74) is 7.02. The molecule has 24 heavy (non-hydrogen) atoms. The van der Waals surface area contributed by atoms with Gasteiger partial charge in [0.1, 0.15) is 11.5 Å². The Morgan fingerprint density at radius 2 is 1.83 bits per heavy atom. The first-order valence-corrected chi connectivity index (χ1v) is 7.43. The van der Waals surface area contributed by atoms with Gasteiger partial charge in [-0.25, -0.2) is 0 Å². The molecule has 0 aliphatic heterocycles. The fourth-order valence-corrected chi connectivity index (χ4v) is 2.01. The quantitative estimate of drug-likeness (QED) is 0.825. The Labute approximate surface area is 140 Å². The van der Waals surface area contributed by atoms with Crippen molar-refractivity contribution in [3.8, 4) is 11.5 Å². The van der Waals surface area contributed by atoms with Crippen molar-refractivity contribution in [2.75, 3.05) is 13.7 Å². The molecular weight excluding hydrogens is 308 g/mol. The topological polar surface area (TPSA) is 76.7 Å². The summed E-state index contributed by atoms with van der Waals surface area (Å²) in [6, 6.07) is 12.4. The highest BCUT2D eigenvalue weighted by atomic mass is 16.5. The van der Waals surface area contributed by atoms with E-state index in [1.807, 2.05) is 32.0 Å². The van der Waals surface area contributed by atoms with E-state index < -0.39 is 11.8 Å². The summed E-state index contributed by atoms with van der Waals surface area (Å²) in [6.45, 7) is 3.65. The molecule has 0 saturated carbocycles. The van der Waals surface area contributed by atoms with Crippen molar-refractivity contribution >= 4 is 11.8 Å². The first-order chi connectivity index (χ1) is 11.5. The van der Waals surface area contributed by atoms with Gasteiger partial charge in [0, 0.05) is 5.56 Å². The van der Waals surface area contributed by atoms with Crippen LogP contribution in [-0.4, -0.2) is 25.5 Å². The Bertz CT molecular complexity index is 744. The van der Waals surface area contributed by atoms with Gasteiger partial charge in [0.05, 0.1) is 7.11 Å². The van der Waals surface area contributed by atoms with Gasteiger partial charge in [-0.2, -0.15) is 0 Å². The average molecular weight is 328 g/mol. The van der Waals surface area contributed by atoms with Crippen LogP contribution in [0.5, 0.6) is 11.5 Å². The highest BCUT2D eigenvalue weighted by molar-refractivity contribution is 5.95. The zero-order valence-corrected chi connectivity index (χ0v) is 13.9. The van der Waals surface area contributed by atoms with Crippen LogP contribution < -0.4 is 20.3 Å². The van der Waals surface area contributed by atoms with Crippen LogP contribution in [0.1, 0.15) is 21.5 Å². The summed E-state index contributed by atoms with van der Waals surface area (Å²) < 4.78 is 10.5.